The van der Waals surface area contributed by atoms with E-state index in [4.69, 9.17) is 0 Å². The smallest absolute Gasteiger partial charge is 0.194 e. The molecule has 0 aliphatic heterocycles. The molecule has 0 saturated carbocycles. The van der Waals surface area contributed by atoms with Crippen LogP contribution >= 0.6 is 0 Å². The zero-order chi connectivity index (χ0) is 11.5. The molecule has 0 radical (unpaired) electrons. The molecular weight excluding hydrogens is 205 g/mol. The highest BCUT2D eigenvalue weighted by Crippen LogP contribution is 2.10. The van der Waals surface area contributed by atoms with Crippen molar-refractivity contribution in [2.75, 3.05) is 0 Å². The van der Waals surface area contributed by atoms with Gasteiger partial charge in [-0.05, 0) is 31.2 Å². The predicted molar refractivity (Wildman–Crippen MR) is 58.8 cm³/mol. The summed E-state index contributed by atoms with van der Waals surface area (Å²) in [5.74, 6) is -0.627. The molecule has 0 spiro atoms. The Labute approximate surface area is 92.8 Å². The van der Waals surface area contributed by atoms with Gasteiger partial charge in [0, 0.05) is 23.0 Å². The van der Waals surface area contributed by atoms with Crippen LogP contribution in [0, 0.1) is 12.7 Å². The Balaban J connectivity index is 2.35. The van der Waals surface area contributed by atoms with E-state index in [2.05, 4.69) is 4.98 Å². The average Bonchev–Trinajstić information content (AvgIpc) is 2.29. The van der Waals surface area contributed by atoms with Crippen LogP contribution in [0.2, 0.25) is 0 Å². The quantitative estimate of drug-likeness (QED) is 0.721. The van der Waals surface area contributed by atoms with Crippen molar-refractivity contribution in [3.8, 4) is 0 Å². The maximum absolute atomic E-state index is 12.9. The number of aromatic nitrogens is 1. The number of nitrogens with zero attached hydrogens (tertiary/aromatic N) is 1. The number of carbonyl (C=O) groups excluding carboxylic acids is 1. The number of benzene rings is 1. The average molecular weight is 215 g/mol. The fourth-order valence-corrected chi connectivity index (χ4v) is 1.40. The SMILES string of the molecule is Cc1ccc(C(=O)c2cccc(F)c2)cn1. The van der Waals surface area contributed by atoms with Gasteiger partial charge in [-0.1, -0.05) is 12.1 Å². The lowest BCUT2D eigenvalue weighted by Crippen LogP contribution is -2.02. The molecule has 16 heavy (non-hydrogen) atoms. The molecule has 3 heteroatoms. The third-order valence-electron chi connectivity index (χ3n) is 2.26. The molecule has 0 fully saturated rings. The third kappa shape index (κ3) is 2.14. The molecule has 0 unspecified atom stereocenters. The number of rotatable bonds is 2. The minimum Gasteiger partial charge on any atom is -0.289 e. The van der Waals surface area contributed by atoms with Crippen LogP contribution in [-0.2, 0) is 0 Å². The molecule has 2 rings (SSSR count). The van der Waals surface area contributed by atoms with Gasteiger partial charge in [-0.25, -0.2) is 4.39 Å². The second-order valence-corrected chi connectivity index (χ2v) is 3.53. The van der Waals surface area contributed by atoms with Crippen LogP contribution in [-0.4, -0.2) is 10.8 Å². The van der Waals surface area contributed by atoms with Crippen molar-refractivity contribution < 1.29 is 9.18 Å². The molecule has 0 aliphatic rings. The third-order valence-corrected chi connectivity index (χ3v) is 2.26. The molecule has 0 N–H and O–H groups in total. The Bertz CT molecular complexity index is 520. The second kappa shape index (κ2) is 4.23. The van der Waals surface area contributed by atoms with E-state index in [0.29, 0.717) is 11.1 Å². The van der Waals surface area contributed by atoms with Crippen molar-refractivity contribution in [3.05, 3.63) is 65.2 Å². The summed E-state index contributed by atoms with van der Waals surface area (Å²) in [7, 11) is 0. The minimum atomic E-state index is -0.411. The molecule has 1 aromatic heterocycles. The number of hydrogen-bond acceptors (Lipinski definition) is 2. The summed E-state index contributed by atoms with van der Waals surface area (Å²) in [6.45, 7) is 1.84. The van der Waals surface area contributed by atoms with E-state index in [0.717, 1.165) is 5.69 Å². The van der Waals surface area contributed by atoms with Crippen LogP contribution in [0.25, 0.3) is 0 Å². The van der Waals surface area contributed by atoms with E-state index in [1.807, 2.05) is 6.92 Å². The van der Waals surface area contributed by atoms with Crippen LogP contribution in [0.4, 0.5) is 4.39 Å². The topological polar surface area (TPSA) is 30.0 Å². The first kappa shape index (κ1) is 10.5. The molecule has 0 amide bonds. The maximum Gasteiger partial charge on any atom is 0.194 e. The summed E-state index contributed by atoms with van der Waals surface area (Å²) in [5, 5.41) is 0. The summed E-state index contributed by atoms with van der Waals surface area (Å²) in [6.07, 6.45) is 1.50. The lowest BCUT2D eigenvalue weighted by atomic mass is 10.0. The van der Waals surface area contributed by atoms with E-state index in [1.165, 1.54) is 24.4 Å². The molecule has 0 saturated heterocycles. The van der Waals surface area contributed by atoms with E-state index >= 15 is 0 Å². The fourth-order valence-electron chi connectivity index (χ4n) is 1.40. The molecule has 0 aliphatic carbocycles. The van der Waals surface area contributed by atoms with Gasteiger partial charge in [0.25, 0.3) is 0 Å². The summed E-state index contributed by atoms with van der Waals surface area (Å²) < 4.78 is 12.9. The first-order chi connectivity index (χ1) is 7.66. The highest BCUT2D eigenvalue weighted by atomic mass is 19.1. The largest absolute Gasteiger partial charge is 0.289 e. The van der Waals surface area contributed by atoms with E-state index in [9.17, 15) is 9.18 Å². The predicted octanol–water partition coefficient (Wildman–Crippen LogP) is 2.76. The maximum atomic E-state index is 12.9. The Hall–Kier alpha value is -2.03. The molecule has 0 bridgehead atoms. The summed E-state index contributed by atoms with van der Waals surface area (Å²) in [6, 6.07) is 9.09. The fraction of sp³-hybridized carbons (Fsp3) is 0.0769. The zero-order valence-electron chi connectivity index (χ0n) is 8.77. The first-order valence-electron chi connectivity index (χ1n) is 4.90. The van der Waals surface area contributed by atoms with Gasteiger partial charge >= 0.3 is 0 Å². The Morgan fingerprint density at radius 1 is 1.19 bits per heavy atom. The number of carbonyl (C=O) groups is 1. The van der Waals surface area contributed by atoms with Gasteiger partial charge in [0.05, 0.1) is 0 Å². The summed E-state index contributed by atoms with van der Waals surface area (Å²) in [4.78, 5) is 15.9. The van der Waals surface area contributed by atoms with Crippen LogP contribution in [0.3, 0.4) is 0 Å². The normalized spacial score (nSPS) is 10.1. The Kier molecular flexibility index (Phi) is 2.77. The van der Waals surface area contributed by atoms with Gasteiger partial charge in [-0.15, -0.1) is 0 Å². The molecule has 1 heterocycles. The zero-order valence-corrected chi connectivity index (χ0v) is 8.77. The molecule has 1 aromatic carbocycles. The monoisotopic (exact) mass is 215 g/mol. The van der Waals surface area contributed by atoms with E-state index in [-0.39, 0.29) is 5.78 Å². The molecule has 2 nitrogen and oxygen atoms in total. The standard InChI is InChI=1S/C13H10FNO/c1-9-5-6-11(8-15-9)13(16)10-3-2-4-12(14)7-10/h2-8H,1H3. The molecule has 2 aromatic rings. The highest BCUT2D eigenvalue weighted by molar-refractivity contribution is 6.08. The van der Waals surface area contributed by atoms with Crippen molar-refractivity contribution >= 4 is 5.78 Å². The van der Waals surface area contributed by atoms with Crippen LogP contribution in [0.5, 0.6) is 0 Å². The summed E-state index contributed by atoms with van der Waals surface area (Å²) >= 11 is 0. The van der Waals surface area contributed by atoms with Crippen molar-refractivity contribution in [1.82, 2.24) is 4.98 Å². The Morgan fingerprint density at radius 3 is 2.62 bits per heavy atom. The lowest BCUT2D eigenvalue weighted by molar-refractivity contribution is 0.103. The van der Waals surface area contributed by atoms with Crippen molar-refractivity contribution in [2.45, 2.75) is 6.92 Å². The molecule has 80 valence electrons. The second-order valence-electron chi connectivity index (χ2n) is 3.53. The first-order valence-corrected chi connectivity index (χ1v) is 4.90. The number of pyridine rings is 1. The van der Waals surface area contributed by atoms with Gasteiger partial charge in [-0.2, -0.15) is 0 Å². The summed E-state index contributed by atoms with van der Waals surface area (Å²) in [5.41, 5.74) is 1.65. The van der Waals surface area contributed by atoms with Crippen LogP contribution < -0.4 is 0 Å². The molecule has 0 atom stereocenters. The van der Waals surface area contributed by atoms with Crippen molar-refractivity contribution in [2.24, 2.45) is 0 Å². The van der Waals surface area contributed by atoms with Crippen molar-refractivity contribution in [1.29, 1.82) is 0 Å². The Morgan fingerprint density at radius 2 is 2.00 bits per heavy atom. The van der Waals surface area contributed by atoms with E-state index < -0.39 is 5.82 Å². The van der Waals surface area contributed by atoms with Gasteiger partial charge in [0.2, 0.25) is 0 Å². The van der Waals surface area contributed by atoms with Crippen molar-refractivity contribution in [3.63, 3.8) is 0 Å². The van der Waals surface area contributed by atoms with Crippen LogP contribution in [0.15, 0.2) is 42.6 Å². The van der Waals surface area contributed by atoms with E-state index in [1.54, 1.807) is 18.2 Å². The number of halogens is 1. The van der Waals surface area contributed by atoms with Gasteiger partial charge < -0.3 is 0 Å². The molecular formula is C13H10FNO. The van der Waals surface area contributed by atoms with Gasteiger partial charge in [0.1, 0.15) is 5.82 Å². The number of hydrogen-bond donors (Lipinski definition) is 0. The van der Waals surface area contributed by atoms with Crippen LogP contribution in [0.1, 0.15) is 21.6 Å². The number of aryl methyl sites for hydroxylation is 1. The highest BCUT2D eigenvalue weighted by Gasteiger charge is 2.09. The van der Waals surface area contributed by atoms with Gasteiger partial charge in [-0.3, -0.25) is 9.78 Å². The van der Waals surface area contributed by atoms with Gasteiger partial charge in [0.15, 0.2) is 5.78 Å². The lowest BCUT2D eigenvalue weighted by Gasteiger charge is -2.01. The number of ketones is 1. The minimum absolute atomic E-state index is 0.216.